The van der Waals surface area contributed by atoms with Crippen LogP contribution in [0.5, 0.6) is 11.8 Å². The summed E-state index contributed by atoms with van der Waals surface area (Å²) >= 11 is 0. The number of hydrogen-bond acceptors (Lipinski definition) is 9. The first-order valence-corrected chi connectivity index (χ1v) is 11.5. The molecule has 3 aromatic heterocycles. The van der Waals surface area contributed by atoms with Crippen LogP contribution in [-0.4, -0.2) is 64.2 Å². The van der Waals surface area contributed by atoms with Gasteiger partial charge in [-0.05, 0) is 30.4 Å². The first kappa shape index (κ1) is 19.7. The number of piperidine rings is 1. The smallest absolute Gasteiger partial charge is 0.326 e. The van der Waals surface area contributed by atoms with Gasteiger partial charge in [-0.2, -0.15) is 9.97 Å². The molecule has 3 aliphatic rings. The molecule has 5 heterocycles. The van der Waals surface area contributed by atoms with Crippen molar-refractivity contribution in [2.75, 3.05) is 48.3 Å². The van der Waals surface area contributed by atoms with Crippen molar-refractivity contribution in [1.82, 2.24) is 24.9 Å². The molecule has 34 heavy (non-hydrogen) atoms. The van der Waals surface area contributed by atoms with Crippen LogP contribution in [0.1, 0.15) is 6.42 Å². The van der Waals surface area contributed by atoms with Crippen LogP contribution >= 0.6 is 0 Å². The van der Waals surface area contributed by atoms with Crippen LogP contribution in [0.3, 0.4) is 0 Å². The Labute approximate surface area is 194 Å². The summed E-state index contributed by atoms with van der Waals surface area (Å²) in [4.78, 5) is 25.8. The second-order valence-corrected chi connectivity index (χ2v) is 9.28. The molecule has 1 aliphatic carbocycles. The van der Waals surface area contributed by atoms with E-state index in [0.29, 0.717) is 34.9 Å². The molecule has 2 saturated heterocycles. The highest BCUT2D eigenvalue weighted by atomic mass is 19.1. The third kappa shape index (κ3) is 2.96. The van der Waals surface area contributed by atoms with Gasteiger partial charge in [0.05, 0.1) is 29.0 Å². The molecule has 1 aromatic carbocycles. The SMILES string of the molecule is CNc1cc(F)cc2c1[nH]c1nc(Oc3cnc(N4CCC4)nc3)nc(N3CC4C(N)C4C3)c12. The normalized spacial score (nSPS) is 23.3. The maximum absolute atomic E-state index is 14.4. The molecule has 3 fully saturated rings. The molecule has 174 valence electrons. The Hall–Kier alpha value is -3.73. The highest BCUT2D eigenvalue weighted by molar-refractivity contribution is 6.14. The summed E-state index contributed by atoms with van der Waals surface area (Å²) in [6, 6.07) is 3.42. The number of aromatic amines is 1. The molecule has 10 nitrogen and oxygen atoms in total. The zero-order valence-electron chi connectivity index (χ0n) is 18.6. The van der Waals surface area contributed by atoms with Gasteiger partial charge in [0.1, 0.15) is 17.3 Å². The topological polar surface area (TPSA) is 121 Å². The molecular weight excluding hydrogens is 437 g/mol. The summed E-state index contributed by atoms with van der Waals surface area (Å²) < 4.78 is 20.4. The van der Waals surface area contributed by atoms with Gasteiger partial charge in [0, 0.05) is 44.7 Å². The van der Waals surface area contributed by atoms with Gasteiger partial charge >= 0.3 is 6.01 Å². The lowest BCUT2D eigenvalue weighted by molar-refractivity contribution is 0.439. The third-order valence-corrected chi connectivity index (χ3v) is 7.28. The zero-order valence-corrected chi connectivity index (χ0v) is 18.6. The number of fused-ring (bicyclic) bond motifs is 4. The molecule has 4 N–H and O–H groups in total. The van der Waals surface area contributed by atoms with E-state index in [1.165, 1.54) is 12.1 Å². The first-order chi connectivity index (χ1) is 16.6. The monoisotopic (exact) mass is 461 g/mol. The van der Waals surface area contributed by atoms with Gasteiger partial charge in [0.2, 0.25) is 5.95 Å². The average molecular weight is 462 g/mol. The van der Waals surface area contributed by atoms with Crippen molar-refractivity contribution >= 4 is 39.4 Å². The molecule has 4 aromatic rings. The Balaban J connectivity index is 1.32. The maximum Gasteiger partial charge on any atom is 0.326 e. The summed E-state index contributed by atoms with van der Waals surface area (Å²) in [5.41, 5.74) is 8.18. The number of nitrogens with two attached hydrogens (primary N) is 1. The fourth-order valence-corrected chi connectivity index (χ4v) is 5.19. The van der Waals surface area contributed by atoms with Gasteiger partial charge in [0.25, 0.3) is 0 Å². The van der Waals surface area contributed by atoms with Crippen LogP contribution < -0.4 is 25.6 Å². The van der Waals surface area contributed by atoms with E-state index in [4.69, 9.17) is 15.5 Å². The molecule has 11 heteroatoms. The lowest BCUT2D eigenvalue weighted by Crippen LogP contribution is -2.38. The molecule has 2 aliphatic heterocycles. The minimum Gasteiger partial charge on any atom is -0.421 e. The van der Waals surface area contributed by atoms with Gasteiger partial charge in [-0.3, -0.25) is 0 Å². The van der Waals surface area contributed by atoms with Crippen LogP contribution in [0, 0.1) is 17.7 Å². The van der Waals surface area contributed by atoms with Gasteiger partial charge in [-0.15, -0.1) is 0 Å². The fourth-order valence-electron chi connectivity index (χ4n) is 5.19. The number of aromatic nitrogens is 5. The minimum atomic E-state index is -0.324. The minimum absolute atomic E-state index is 0.186. The van der Waals surface area contributed by atoms with Crippen molar-refractivity contribution in [1.29, 1.82) is 0 Å². The largest absolute Gasteiger partial charge is 0.421 e. The highest BCUT2D eigenvalue weighted by Crippen LogP contribution is 2.47. The second-order valence-electron chi connectivity index (χ2n) is 9.28. The van der Waals surface area contributed by atoms with E-state index in [-0.39, 0.29) is 17.9 Å². The molecule has 0 spiro atoms. The molecule has 0 bridgehead atoms. The summed E-state index contributed by atoms with van der Waals surface area (Å²) in [7, 11) is 1.76. The number of ether oxygens (including phenoxy) is 1. The Morgan fingerprint density at radius 1 is 1.12 bits per heavy atom. The van der Waals surface area contributed by atoms with Crippen LogP contribution in [0.4, 0.5) is 21.8 Å². The van der Waals surface area contributed by atoms with E-state index in [1.54, 1.807) is 19.4 Å². The molecule has 7 rings (SSSR count). The Bertz CT molecular complexity index is 1410. The van der Waals surface area contributed by atoms with E-state index in [2.05, 4.69) is 35.1 Å². The Kier molecular flexibility index (Phi) is 4.14. The first-order valence-electron chi connectivity index (χ1n) is 11.5. The predicted molar refractivity (Wildman–Crippen MR) is 127 cm³/mol. The molecule has 0 amide bonds. The summed E-state index contributed by atoms with van der Waals surface area (Å²) in [6.45, 7) is 3.57. The van der Waals surface area contributed by atoms with Crippen LogP contribution in [0.15, 0.2) is 24.5 Å². The van der Waals surface area contributed by atoms with E-state index in [9.17, 15) is 4.39 Å². The van der Waals surface area contributed by atoms with Crippen LogP contribution in [-0.2, 0) is 0 Å². The quantitative estimate of drug-likeness (QED) is 0.411. The lowest BCUT2D eigenvalue weighted by atomic mass is 10.1. The van der Waals surface area contributed by atoms with Crippen molar-refractivity contribution in [3.05, 3.63) is 30.3 Å². The number of rotatable bonds is 5. The second kappa shape index (κ2) is 7.13. The van der Waals surface area contributed by atoms with Gasteiger partial charge in [0.15, 0.2) is 5.75 Å². The van der Waals surface area contributed by atoms with Crippen molar-refractivity contribution in [2.24, 2.45) is 17.6 Å². The van der Waals surface area contributed by atoms with Crippen molar-refractivity contribution in [3.8, 4) is 11.8 Å². The summed E-state index contributed by atoms with van der Waals surface area (Å²) in [5, 5.41) is 4.56. The standard InChI is InChI=1S/C23H24FN9O/c1-26-16-6-11(24)5-13-17-20(29-19(13)16)30-23(31-21(17)33-9-14-15(10-33)18(14)25)34-12-7-27-22(28-8-12)32-3-2-4-32/h5-8,14-15,18,26H,2-4,9-10,25H2,1H3,(H,29,30,31). The van der Waals surface area contributed by atoms with Crippen molar-refractivity contribution in [3.63, 3.8) is 0 Å². The number of nitrogens with one attached hydrogen (secondary N) is 2. The third-order valence-electron chi connectivity index (χ3n) is 7.28. The number of nitrogens with zero attached hydrogens (tertiary/aromatic N) is 6. The van der Waals surface area contributed by atoms with E-state index in [1.807, 2.05) is 0 Å². The van der Waals surface area contributed by atoms with Crippen molar-refractivity contribution < 1.29 is 9.13 Å². The summed E-state index contributed by atoms with van der Waals surface area (Å²) in [5.74, 6) is 2.48. The van der Waals surface area contributed by atoms with Crippen LogP contribution in [0.2, 0.25) is 0 Å². The van der Waals surface area contributed by atoms with Crippen molar-refractivity contribution in [2.45, 2.75) is 12.5 Å². The van der Waals surface area contributed by atoms with E-state index >= 15 is 0 Å². The Morgan fingerprint density at radius 2 is 1.88 bits per heavy atom. The van der Waals surface area contributed by atoms with Crippen LogP contribution in [0.25, 0.3) is 21.9 Å². The fraction of sp³-hybridized carbons (Fsp3) is 0.391. The van der Waals surface area contributed by atoms with E-state index < -0.39 is 0 Å². The molecule has 0 radical (unpaired) electrons. The number of benzene rings is 1. The van der Waals surface area contributed by atoms with E-state index in [0.717, 1.165) is 54.7 Å². The molecule has 2 unspecified atom stereocenters. The summed E-state index contributed by atoms with van der Waals surface area (Å²) in [6.07, 6.45) is 4.43. The van der Waals surface area contributed by atoms with Gasteiger partial charge in [-0.25, -0.2) is 14.4 Å². The predicted octanol–water partition coefficient (Wildman–Crippen LogP) is 2.48. The number of anilines is 3. The Morgan fingerprint density at radius 3 is 2.56 bits per heavy atom. The number of H-pyrrole nitrogens is 1. The zero-order chi connectivity index (χ0) is 23.0. The van der Waals surface area contributed by atoms with Gasteiger partial charge < -0.3 is 30.6 Å². The molecule has 1 saturated carbocycles. The number of halogens is 1. The van der Waals surface area contributed by atoms with Gasteiger partial charge in [-0.1, -0.05) is 0 Å². The lowest BCUT2D eigenvalue weighted by Gasteiger charge is -2.30. The maximum atomic E-state index is 14.4. The molecule has 2 atom stereocenters. The number of hydrogen-bond donors (Lipinski definition) is 3. The molecular formula is C23H24FN9O. The highest BCUT2D eigenvalue weighted by Gasteiger charge is 2.54. The average Bonchev–Trinajstić information content (AvgIpc) is 3.15.